The van der Waals surface area contributed by atoms with E-state index < -0.39 is 6.04 Å². The highest BCUT2D eigenvalue weighted by molar-refractivity contribution is 5.96. The van der Waals surface area contributed by atoms with Crippen molar-refractivity contribution in [2.75, 3.05) is 18.9 Å². The fourth-order valence-corrected chi connectivity index (χ4v) is 1.39. The summed E-state index contributed by atoms with van der Waals surface area (Å²) < 4.78 is 0. The van der Waals surface area contributed by atoms with Crippen LogP contribution in [0.4, 0.5) is 5.69 Å². The number of hydrogen-bond acceptors (Lipinski definition) is 4. The van der Waals surface area contributed by atoms with Gasteiger partial charge in [-0.2, -0.15) is 0 Å². The topological polar surface area (TPSA) is 83.1 Å². The van der Waals surface area contributed by atoms with E-state index in [1.807, 2.05) is 6.92 Å². The highest BCUT2D eigenvalue weighted by Crippen LogP contribution is 2.05. The SMILES string of the molecule is CCNc1ccc(C(=O)NC(C)C(=O)NC)nc1. The molecule has 3 N–H and O–H groups in total. The first kappa shape index (κ1) is 14.0. The van der Waals surface area contributed by atoms with Crippen molar-refractivity contribution in [3.63, 3.8) is 0 Å². The van der Waals surface area contributed by atoms with Gasteiger partial charge in [-0.25, -0.2) is 4.98 Å². The van der Waals surface area contributed by atoms with Crippen LogP contribution in [0.5, 0.6) is 0 Å². The van der Waals surface area contributed by atoms with Gasteiger partial charge in [-0.1, -0.05) is 0 Å². The summed E-state index contributed by atoms with van der Waals surface area (Å²) in [5.41, 5.74) is 1.14. The highest BCUT2D eigenvalue weighted by Gasteiger charge is 2.15. The molecule has 0 saturated heterocycles. The van der Waals surface area contributed by atoms with E-state index in [1.165, 1.54) is 7.05 Å². The molecule has 0 saturated carbocycles. The third-order valence-electron chi connectivity index (χ3n) is 2.36. The van der Waals surface area contributed by atoms with E-state index in [4.69, 9.17) is 0 Å². The Labute approximate surface area is 106 Å². The smallest absolute Gasteiger partial charge is 0.270 e. The summed E-state index contributed by atoms with van der Waals surface area (Å²) in [6.45, 7) is 4.39. The molecule has 1 aromatic heterocycles. The fraction of sp³-hybridized carbons (Fsp3) is 0.417. The summed E-state index contributed by atoms with van der Waals surface area (Å²) >= 11 is 0. The Balaban J connectivity index is 2.64. The lowest BCUT2D eigenvalue weighted by Crippen LogP contribution is -2.43. The van der Waals surface area contributed by atoms with Gasteiger partial charge in [-0.05, 0) is 26.0 Å². The number of likely N-dealkylation sites (N-methyl/N-ethyl adjacent to an activating group) is 1. The van der Waals surface area contributed by atoms with Crippen molar-refractivity contribution in [3.05, 3.63) is 24.0 Å². The molecule has 1 aromatic rings. The van der Waals surface area contributed by atoms with Crippen LogP contribution >= 0.6 is 0 Å². The van der Waals surface area contributed by atoms with Gasteiger partial charge in [-0.3, -0.25) is 9.59 Å². The van der Waals surface area contributed by atoms with Crippen molar-refractivity contribution in [1.29, 1.82) is 0 Å². The molecule has 98 valence electrons. The number of amides is 2. The van der Waals surface area contributed by atoms with E-state index >= 15 is 0 Å². The van der Waals surface area contributed by atoms with E-state index in [-0.39, 0.29) is 17.5 Å². The predicted octanol–water partition coefficient (Wildman–Crippen LogP) is 0.378. The lowest BCUT2D eigenvalue weighted by Gasteiger charge is -2.12. The summed E-state index contributed by atoms with van der Waals surface area (Å²) in [4.78, 5) is 27.1. The van der Waals surface area contributed by atoms with Crippen molar-refractivity contribution < 1.29 is 9.59 Å². The van der Waals surface area contributed by atoms with Crippen molar-refractivity contribution in [2.45, 2.75) is 19.9 Å². The van der Waals surface area contributed by atoms with Gasteiger partial charge in [0.1, 0.15) is 11.7 Å². The van der Waals surface area contributed by atoms with Gasteiger partial charge in [-0.15, -0.1) is 0 Å². The van der Waals surface area contributed by atoms with Crippen LogP contribution in [0.3, 0.4) is 0 Å². The molecule has 0 aliphatic rings. The van der Waals surface area contributed by atoms with E-state index in [9.17, 15) is 9.59 Å². The summed E-state index contributed by atoms with van der Waals surface area (Å²) in [5, 5.41) is 8.11. The van der Waals surface area contributed by atoms with Gasteiger partial charge in [0.25, 0.3) is 5.91 Å². The van der Waals surface area contributed by atoms with Crippen molar-refractivity contribution in [3.8, 4) is 0 Å². The molecule has 2 amide bonds. The first-order valence-electron chi connectivity index (χ1n) is 5.80. The van der Waals surface area contributed by atoms with E-state index in [1.54, 1.807) is 25.3 Å². The average molecular weight is 250 g/mol. The molecule has 0 spiro atoms. The Morgan fingerprint density at radius 1 is 1.39 bits per heavy atom. The van der Waals surface area contributed by atoms with Crippen molar-refractivity contribution in [2.24, 2.45) is 0 Å². The second-order valence-electron chi connectivity index (χ2n) is 3.77. The zero-order valence-electron chi connectivity index (χ0n) is 10.8. The fourth-order valence-electron chi connectivity index (χ4n) is 1.39. The number of pyridine rings is 1. The van der Waals surface area contributed by atoms with Crippen LogP contribution in [0.15, 0.2) is 18.3 Å². The van der Waals surface area contributed by atoms with Gasteiger partial charge in [0.05, 0.1) is 11.9 Å². The molecule has 1 rings (SSSR count). The van der Waals surface area contributed by atoms with Crippen molar-refractivity contribution >= 4 is 17.5 Å². The van der Waals surface area contributed by atoms with Gasteiger partial charge in [0.2, 0.25) is 5.91 Å². The van der Waals surface area contributed by atoms with Crippen LogP contribution in [0.1, 0.15) is 24.3 Å². The molecular formula is C12H18N4O2. The standard InChI is InChI=1S/C12H18N4O2/c1-4-14-9-5-6-10(15-7-9)12(18)16-8(2)11(17)13-3/h5-8,14H,4H2,1-3H3,(H,13,17)(H,16,18). The van der Waals surface area contributed by atoms with Crippen LogP contribution < -0.4 is 16.0 Å². The van der Waals surface area contributed by atoms with Crippen LogP contribution in [-0.2, 0) is 4.79 Å². The normalized spacial score (nSPS) is 11.5. The summed E-state index contributed by atoms with van der Waals surface area (Å²) in [7, 11) is 1.52. The van der Waals surface area contributed by atoms with Gasteiger partial charge >= 0.3 is 0 Å². The average Bonchev–Trinajstić information content (AvgIpc) is 2.38. The Hall–Kier alpha value is -2.11. The van der Waals surface area contributed by atoms with Crippen LogP contribution in [0.25, 0.3) is 0 Å². The number of rotatable bonds is 5. The Kier molecular flexibility index (Phi) is 5.10. The molecule has 0 aliphatic heterocycles. The van der Waals surface area contributed by atoms with Crippen LogP contribution in [0.2, 0.25) is 0 Å². The lowest BCUT2D eigenvalue weighted by atomic mass is 10.2. The number of carbonyl (C=O) groups is 2. The summed E-state index contributed by atoms with van der Waals surface area (Å²) in [6, 6.07) is 2.80. The van der Waals surface area contributed by atoms with Crippen LogP contribution in [-0.4, -0.2) is 36.4 Å². The maximum absolute atomic E-state index is 11.8. The largest absolute Gasteiger partial charge is 0.384 e. The molecule has 18 heavy (non-hydrogen) atoms. The Bertz CT molecular complexity index is 417. The first-order chi connectivity index (χ1) is 8.58. The van der Waals surface area contributed by atoms with Crippen LogP contribution in [0, 0.1) is 0 Å². The molecular weight excluding hydrogens is 232 g/mol. The number of nitrogens with zero attached hydrogens (tertiary/aromatic N) is 1. The quantitative estimate of drug-likeness (QED) is 0.705. The molecule has 6 heteroatoms. The zero-order valence-corrected chi connectivity index (χ0v) is 10.8. The summed E-state index contributed by atoms with van der Waals surface area (Å²) in [6.07, 6.45) is 1.59. The molecule has 1 unspecified atom stereocenters. The number of hydrogen-bond donors (Lipinski definition) is 3. The highest BCUT2D eigenvalue weighted by atomic mass is 16.2. The lowest BCUT2D eigenvalue weighted by molar-refractivity contribution is -0.122. The molecule has 0 aliphatic carbocycles. The van der Waals surface area contributed by atoms with Gasteiger partial charge in [0, 0.05) is 13.6 Å². The monoisotopic (exact) mass is 250 g/mol. The third-order valence-corrected chi connectivity index (χ3v) is 2.36. The second kappa shape index (κ2) is 6.58. The van der Waals surface area contributed by atoms with E-state index in [2.05, 4.69) is 20.9 Å². The van der Waals surface area contributed by atoms with E-state index in [0.29, 0.717) is 0 Å². The maximum Gasteiger partial charge on any atom is 0.270 e. The Morgan fingerprint density at radius 3 is 2.61 bits per heavy atom. The number of anilines is 1. The third kappa shape index (κ3) is 3.73. The second-order valence-corrected chi connectivity index (χ2v) is 3.77. The number of aromatic nitrogens is 1. The minimum absolute atomic E-state index is 0.243. The molecule has 0 aromatic carbocycles. The molecule has 1 atom stereocenters. The maximum atomic E-state index is 11.8. The van der Waals surface area contributed by atoms with Gasteiger partial charge in [0.15, 0.2) is 0 Å². The Morgan fingerprint density at radius 2 is 2.11 bits per heavy atom. The zero-order chi connectivity index (χ0) is 13.5. The predicted molar refractivity (Wildman–Crippen MR) is 69.4 cm³/mol. The molecule has 1 heterocycles. The first-order valence-corrected chi connectivity index (χ1v) is 5.80. The molecule has 6 nitrogen and oxygen atoms in total. The molecule has 0 fully saturated rings. The minimum atomic E-state index is -0.585. The molecule has 0 bridgehead atoms. The van der Waals surface area contributed by atoms with Crippen molar-refractivity contribution in [1.82, 2.24) is 15.6 Å². The number of carbonyl (C=O) groups excluding carboxylic acids is 2. The van der Waals surface area contributed by atoms with Gasteiger partial charge < -0.3 is 16.0 Å². The molecule has 0 radical (unpaired) electrons. The van der Waals surface area contributed by atoms with E-state index in [0.717, 1.165) is 12.2 Å². The minimum Gasteiger partial charge on any atom is -0.384 e. The number of nitrogens with one attached hydrogen (secondary N) is 3. The summed E-state index contributed by atoms with van der Waals surface area (Å²) in [5.74, 6) is -0.609.